The van der Waals surface area contributed by atoms with Crippen molar-refractivity contribution < 1.29 is 17.8 Å². The van der Waals surface area contributed by atoms with Crippen LogP contribution >= 0.6 is 0 Å². The molecule has 4 rings (SSSR count). The van der Waals surface area contributed by atoms with Crippen LogP contribution in [0.1, 0.15) is 5.56 Å². The van der Waals surface area contributed by atoms with Crippen LogP contribution in [0.25, 0.3) is 11.1 Å². The molecule has 3 nitrogen and oxygen atoms in total. The fourth-order valence-corrected chi connectivity index (χ4v) is 2.76. The van der Waals surface area contributed by atoms with Gasteiger partial charge in [-0.3, -0.25) is 4.98 Å². The highest BCUT2D eigenvalue weighted by Crippen LogP contribution is 2.33. The summed E-state index contributed by atoms with van der Waals surface area (Å²) < 4.78 is 34.6. The third kappa shape index (κ3) is 2.56. The first kappa shape index (κ1) is 14.6. The number of benzene rings is 2. The van der Waals surface area contributed by atoms with Gasteiger partial charge in [-0.1, -0.05) is 30.3 Å². The summed E-state index contributed by atoms with van der Waals surface area (Å²) >= 11 is 0. The van der Waals surface area contributed by atoms with Gasteiger partial charge in [-0.05, 0) is 23.8 Å². The van der Waals surface area contributed by atoms with Crippen molar-refractivity contribution in [1.82, 2.24) is 4.98 Å². The van der Waals surface area contributed by atoms with Crippen molar-refractivity contribution in [3.8, 4) is 16.9 Å². The highest BCUT2D eigenvalue weighted by molar-refractivity contribution is 6.53. The van der Waals surface area contributed by atoms with E-state index in [0.29, 0.717) is 11.3 Å². The Morgan fingerprint density at radius 2 is 1.75 bits per heavy atom. The molecule has 0 N–H and O–H groups in total. The van der Waals surface area contributed by atoms with Gasteiger partial charge in [0.25, 0.3) is 0 Å². The van der Waals surface area contributed by atoms with E-state index in [2.05, 4.69) is 4.98 Å². The molecule has 3 aromatic rings. The van der Waals surface area contributed by atoms with Crippen molar-refractivity contribution in [2.45, 2.75) is 0 Å². The van der Waals surface area contributed by atoms with Crippen LogP contribution < -0.4 is 4.65 Å². The Morgan fingerprint density at radius 1 is 0.917 bits per heavy atom. The van der Waals surface area contributed by atoms with E-state index in [1.54, 1.807) is 54.9 Å². The topological polar surface area (TPSA) is 25.1 Å². The van der Waals surface area contributed by atoms with Gasteiger partial charge in [0.1, 0.15) is 6.21 Å². The van der Waals surface area contributed by atoms with Gasteiger partial charge in [0.15, 0.2) is 5.69 Å². The summed E-state index contributed by atoms with van der Waals surface area (Å²) in [6.45, 7) is 0. The molecule has 1 aromatic heterocycles. The van der Waals surface area contributed by atoms with Crippen LogP contribution in [0.5, 0.6) is 5.75 Å². The lowest BCUT2D eigenvalue weighted by molar-refractivity contribution is -0.343. The van der Waals surface area contributed by atoms with E-state index in [1.807, 2.05) is 18.2 Å². The molecule has 0 bridgehead atoms. The molecule has 0 atom stereocenters. The SMILES string of the molecule is F[B-]1(F)Oc2ccc(-c3cccnc3)cc2C=[N+]1c1ccccc1. The van der Waals surface area contributed by atoms with Crippen molar-refractivity contribution in [2.24, 2.45) is 0 Å². The minimum atomic E-state index is -4.16. The van der Waals surface area contributed by atoms with Gasteiger partial charge >= 0.3 is 7.04 Å². The standard InChI is InChI=1S/C18H13BF2N2O/c20-19(21)23(17-6-2-1-3-7-17)13-16-11-14(8-9-18(16)24-19)15-5-4-10-22-12-15/h1-13H. The summed E-state index contributed by atoms with van der Waals surface area (Å²) in [5.74, 6) is 0.180. The maximum Gasteiger partial charge on any atom is 0.834 e. The third-order valence-corrected chi connectivity index (χ3v) is 3.93. The van der Waals surface area contributed by atoms with Gasteiger partial charge in [0.05, 0.1) is 11.3 Å². The number of rotatable bonds is 2. The number of hydrogen-bond donors (Lipinski definition) is 0. The molecule has 0 fully saturated rings. The number of aromatic nitrogens is 1. The zero-order chi connectivity index (χ0) is 16.6. The summed E-state index contributed by atoms with van der Waals surface area (Å²) in [4.78, 5) is 4.09. The van der Waals surface area contributed by atoms with Crippen LogP contribution in [-0.2, 0) is 0 Å². The minimum Gasteiger partial charge on any atom is -0.599 e. The van der Waals surface area contributed by atoms with Crippen LogP contribution in [0.15, 0.2) is 73.1 Å². The summed E-state index contributed by atoms with van der Waals surface area (Å²) in [6, 6.07) is 17.4. The van der Waals surface area contributed by atoms with E-state index in [-0.39, 0.29) is 5.75 Å². The summed E-state index contributed by atoms with van der Waals surface area (Å²) in [5, 5.41) is 0. The molecule has 0 saturated heterocycles. The van der Waals surface area contributed by atoms with E-state index in [4.69, 9.17) is 4.65 Å². The van der Waals surface area contributed by atoms with Gasteiger partial charge in [-0.2, -0.15) is 0 Å². The smallest absolute Gasteiger partial charge is 0.599 e. The van der Waals surface area contributed by atoms with Gasteiger partial charge in [-0.25, -0.2) is 0 Å². The zero-order valence-electron chi connectivity index (χ0n) is 12.6. The average molecular weight is 322 g/mol. The summed E-state index contributed by atoms with van der Waals surface area (Å²) in [7, 11) is -4.16. The van der Waals surface area contributed by atoms with E-state index in [0.717, 1.165) is 15.6 Å². The van der Waals surface area contributed by atoms with E-state index < -0.39 is 7.04 Å². The third-order valence-electron chi connectivity index (χ3n) is 3.93. The summed E-state index contributed by atoms with van der Waals surface area (Å²) in [5.41, 5.74) is 2.81. The number of nitrogens with zero attached hydrogens (tertiary/aromatic N) is 2. The Hall–Kier alpha value is -3.02. The second-order valence-corrected chi connectivity index (χ2v) is 5.55. The molecular weight excluding hydrogens is 309 g/mol. The van der Waals surface area contributed by atoms with Crippen LogP contribution in [0, 0.1) is 0 Å². The maximum atomic E-state index is 14.4. The highest BCUT2D eigenvalue weighted by Gasteiger charge is 2.50. The molecule has 0 radical (unpaired) electrons. The van der Waals surface area contributed by atoms with Gasteiger partial charge in [-0.15, -0.1) is 0 Å². The fourth-order valence-electron chi connectivity index (χ4n) is 2.76. The Labute approximate surface area is 137 Å². The van der Waals surface area contributed by atoms with Gasteiger partial charge < -0.3 is 17.8 Å². The predicted octanol–water partition coefficient (Wildman–Crippen LogP) is 4.28. The first-order valence-electron chi connectivity index (χ1n) is 7.56. The van der Waals surface area contributed by atoms with Crippen LogP contribution in [0.3, 0.4) is 0 Å². The molecular formula is C18H13BF2N2O. The van der Waals surface area contributed by atoms with E-state index in [1.165, 1.54) is 6.21 Å². The number of pyridine rings is 1. The number of para-hydroxylation sites is 1. The van der Waals surface area contributed by atoms with Gasteiger partial charge in [0.2, 0.25) is 0 Å². The van der Waals surface area contributed by atoms with Crippen molar-refractivity contribution in [3.05, 3.63) is 78.6 Å². The van der Waals surface area contributed by atoms with E-state index >= 15 is 0 Å². The van der Waals surface area contributed by atoms with Crippen LogP contribution in [-0.4, -0.2) is 22.7 Å². The summed E-state index contributed by atoms with van der Waals surface area (Å²) in [6.07, 6.45) is 4.87. The van der Waals surface area contributed by atoms with Gasteiger partial charge in [0, 0.05) is 30.1 Å². The lowest BCUT2D eigenvalue weighted by Crippen LogP contribution is -2.46. The van der Waals surface area contributed by atoms with Crippen molar-refractivity contribution in [1.29, 1.82) is 0 Å². The Kier molecular flexibility index (Phi) is 3.38. The predicted molar refractivity (Wildman–Crippen MR) is 89.8 cm³/mol. The lowest BCUT2D eigenvalue weighted by Gasteiger charge is -2.28. The Balaban J connectivity index is 1.83. The molecule has 1 aliphatic rings. The molecule has 6 heteroatoms. The largest absolute Gasteiger partial charge is 0.834 e. The monoisotopic (exact) mass is 322 g/mol. The van der Waals surface area contributed by atoms with Crippen molar-refractivity contribution in [2.75, 3.05) is 0 Å². The molecule has 1 aliphatic heterocycles. The first-order valence-corrected chi connectivity index (χ1v) is 7.56. The molecule has 0 saturated carbocycles. The van der Waals surface area contributed by atoms with Crippen LogP contribution in [0.4, 0.5) is 14.3 Å². The number of fused-ring (bicyclic) bond motifs is 1. The normalized spacial score (nSPS) is 15.2. The molecule has 0 spiro atoms. The zero-order valence-corrected chi connectivity index (χ0v) is 12.6. The fraction of sp³-hybridized carbons (Fsp3) is 0. The molecule has 2 heterocycles. The molecule has 0 unspecified atom stereocenters. The second-order valence-electron chi connectivity index (χ2n) is 5.55. The van der Waals surface area contributed by atoms with Crippen molar-refractivity contribution >= 4 is 18.9 Å². The first-order chi connectivity index (χ1) is 11.6. The quantitative estimate of drug-likeness (QED) is 0.658. The lowest BCUT2D eigenvalue weighted by atomic mass is 9.96. The average Bonchev–Trinajstić information content (AvgIpc) is 2.61. The minimum absolute atomic E-state index is 0.180. The van der Waals surface area contributed by atoms with Crippen LogP contribution in [0.2, 0.25) is 0 Å². The highest BCUT2D eigenvalue weighted by atomic mass is 19.3. The number of hydrogen-bond acceptors (Lipinski definition) is 2. The van der Waals surface area contributed by atoms with E-state index in [9.17, 15) is 8.63 Å². The maximum absolute atomic E-state index is 14.4. The number of halogens is 2. The molecule has 24 heavy (non-hydrogen) atoms. The molecule has 118 valence electrons. The van der Waals surface area contributed by atoms with Crippen molar-refractivity contribution in [3.63, 3.8) is 0 Å². The Bertz CT molecular complexity index is 915. The molecule has 2 aromatic carbocycles. The molecule has 0 amide bonds. The molecule has 0 aliphatic carbocycles. The second kappa shape index (κ2) is 5.56. The Morgan fingerprint density at radius 3 is 2.50 bits per heavy atom.